The van der Waals surface area contributed by atoms with Crippen molar-refractivity contribution in [3.05, 3.63) is 65.0 Å². The van der Waals surface area contributed by atoms with E-state index in [1.54, 1.807) is 7.11 Å². The van der Waals surface area contributed by atoms with Crippen LogP contribution in [-0.4, -0.2) is 29.0 Å². The molecule has 1 aromatic heterocycles. The number of ether oxygens (including phenoxy) is 1. The summed E-state index contributed by atoms with van der Waals surface area (Å²) >= 11 is 1.42. The lowest BCUT2D eigenvalue weighted by atomic mass is 10.0. The zero-order chi connectivity index (χ0) is 19.2. The molecule has 0 fully saturated rings. The Hall–Kier alpha value is -2.80. The van der Waals surface area contributed by atoms with Gasteiger partial charge in [0.15, 0.2) is 0 Å². The molecular formula is C20H21N3O3S. The van der Waals surface area contributed by atoms with Crippen molar-refractivity contribution < 1.29 is 13.9 Å². The highest BCUT2D eigenvalue weighted by Crippen LogP contribution is 2.21. The Labute approximate surface area is 162 Å². The lowest BCUT2D eigenvalue weighted by molar-refractivity contribution is -0.113. The summed E-state index contributed by atoms with van der Waals surface area (Å²) in [4.78, 5) is 13.1. The molecule has 1 amide bonds. The Bertz CT molecular complexity index is 922. The van der Waals surface area contributed by atoms with Crippen molar-refractivity contribution >= 4 is 23.7 Å². The maximum absolute atomic E-state index is 12.1. The Morgan fingerprint density at radius 2 is 1.93 bits per heavy atom. The largest absolute Gasteiger partial charge is 0.497 e. The molecule has 0 aliphatic carbocycles. The van der Waals surface area contributed by atoms with Crippen LogP contribution >= 0.6 is 11.8 Å². The average molecular weight is 383 g/mol. The number of nitrogens with zero attached hydrogens (tertiary/aromatic N) is 2. The number of rotatable bonds is 7. The lowest BCUT2D eigenvalue weighted by Gasteiger charge is -2.04. The molecule has 0 aliphatic rings. The highest BCUT2D eigenvalue weighted by Gasteiger charge is 2.12. The van der Waals surface area contributed by atoms with Crippen LogP contribution in [0.15, 0.2) is 51.8 Å². The summed E-state index contributed by atoms with van der Waals surface area (Å²) in [7, 11) is 1.62. The fourth-order valence-corrected chi connectivity index (χ4v) is 3.26. The third kappa shape index (κ3) is 5.34. The van der Waals surface area contributed by atoms with Crippen LogP contribution in [0.25, 0.3) is 0 Å². The summed E-state index contributed by atoms with van der Waals surface area (Å²) in [6.45, 7) is 4.11. The highest BCUT2D eigenvalue weighted by molar-refractivity contribution is 8.00. The van der Waals surface area contributed by atoms with Crippen molar-refractivity contribution in [3.63, 3.8) is 0 Å². The SMILES string of the molecule is COc1ccc(SCC(=O)Nc2nnc(Cc3ccc(C)cc3C)o2)cc1. The Balaban J connectivity index is 1.52. The van der Waals surface area contributed by atoms with E-state index >= 15 is 0 Å². The summed E-state index contributed by atoms with van der Waals surface area (Å²) in [6.07, 6.45) is 0.537. The number of benzene rings is 2. The molecule has 1 heterocycles. The number of carbonyl (C=O) groups excluding carboxylic acids is 1. The molecule has 0 atom stereocenters. The number of methoxy groups -OCH3 is 1. The van der Waals surface area contributed by atoms with Crippen LogP contribution in [-0.2, 0) is 11.2 Å². The van der Waals surface area contributed by atoms with Gasteiger partial charge in [-0.25, -0.2) is 0 Å². The first kappa shape index (κ1) is 19.0. The number of thioether (sulfide) groups is 1. The second kappa shape index (κ2) is 8.73. The minimum Gasteiger partial charge on any atom is -0.497 e. The Kier molecular flexibility index (Phi) is 6.13. The summed E-state index contributed by atoms with van der Waals surface area (Å²) < 4.78 is 10.7. The maximum Gasteiger partial charge on any atom is 0.322 e. The lowest BCUT2D eigenvalue weighted by Crippen LogP contribution is -2.14. The molecule has 7 heteroatoms. The molecule has 6 nitrogen and oxygen atoms in total. The number of anilines is 1. The van der Waals surface area contributed by atoms with Gasteiger partial charge in [-0.1, -0.05) is 28.9 Å². The normalized spacial score (nSPS) is 10.6. The van der Waals surface area contributed by atoms with E-state index in [0.717, 1.165) is 16.2 Å². The summed E-state index contributed by atoms with van der Waals surface area (Å²) in [6, 6.07) is 13.9. The molecule has 0 radical (unpaired) electrons. The van der Waals surface area contributed by atoms with Gasteiger partial charge in [-0.15, -0.1) is 16.9 Å². The van der Waals surface area contributed by atoms with Gasteiger partial charge in [0.25, 0.3) is 0 Å². The minimum absolute atomic E-state index is 0.120. The topological polar surface area (TPSA) is 77.2 Å². The summed E-state index contributed by atoms with van der Waals surface area (Å²) in [5.74, 6) is 1.31. The van der Waals surface area contributed by atoms with Gasteiger partial charge in [0.2, 0.25) is 11.8 Å². The van der Waals surface area contributed by atoms with E-state index < -0.39 is 0 Å². The number of carbonyl (C=O) groups is 1. The van der Waals surface area contributed by atoms with Crippen molar-refractivity contribution in [2.24, 2.45) is 0 Å². The molecule has 1 N–H and O–H groups in total. The van der Waals surface area contributed by atoms with E-state index in [-0.39, 0.29) is 17.7 Å². The molecule has 140 valence electrons. The monoisotopic (exact) mass is 383 g/mol. The first-order valence-electron chi connectivity index (χ1n) is 8.48. The van der Waals surface area contributed by atoms with Crippen LogP contribution in [0.5, 0.6) is 5.75 Å². The number of hydrogen-bond donors (Lipinski definition) is 1. The van der Waals surface area contributed by atoms with Gasteiger partial charge in [0, 0.05) is 4.90 Å². The van der Waals surface area contributed by atoms with Crippen LogP contribution in [0.4, 0.5) is 6.01 Å². The predicted octanol–water partition coefficient (Wildman–Crippen LogP) is 4.02. The standard InChI is InChI=1S/C20H21N3O3S/c1-13-4-5-15(14(2)10-13)11-19-22-23-20(26-19)21-18(24)12-27-17-8-6-16(25-3)7-9-17/h4-10H,11-12H2,1-3H3,(H,21,23,24). The van der Waals surface area contributed by atoms with Gasteiger partial charge < -0.3 is 9.15 Å². The van der Waals surface area contributed by atoms with Crippen LogP contribution in [0.3, 0.4) is 0 Å². The van der Waals surface area contributed by atoms with Gasteiger partial charge in [-0.3, -0.25) is 10.1 Å². The highest BCUT2D eigenvalue weighted by atomic mass is 32.2. The molecule has 27 heavy (non-hydrogen) atoms. The molecule has 0 saturated heterocycles. The van der Waals surface area contributed by atoms with Crippen LogP contribution in [0.2, 0.25) is 0 Å². The minimum atomic E-state index is -0.197. The summed E-state index contributed by atoms with van der Waals surface area (Å²) in [5, 5.41) is 10.6. The molecule has 0 saturated carbocycles. The fraction of sp³-hybridized carbons (Fsp3) is 0.250. The van der Waals surface area contributed by atoms with Crippen molar-refractivity contribution in [2.45, 2.75) is 25.2 Å². The first-order valence-corrected chi connectivity index (χ1v) is 9.47. The molecular weight excluding hydrogens is 362 g/mol. The van der Waals surface area contributed by atoms with Gasteiger partial charge >= 0.3 is 6.01 Å². The molecule has 0 spiro atoms. The van der Waals surface area contributed by atoms with E-state index in [0.29, 0.717) is 12.3 Å². The second-order valence-electron chi connectivity index (χ2n) is 6.12. The Morgan fingerprint density at radius 1 is 1.15 bits per heavy atom. The number of amides is 1. The van der Waals surface area contributed by atoms with Gasteiger partial charge in [0.05, 0.1) is 19.3 Å². The Morgan fingerprint density at radius 3 is 2.63 bits per heavy atom. The predicted molar refractivity (Wildman–Crippen MR) is 105 cm³/mol. The van der Waals surface area contributed by atoms with Crippen LogP contribution in [0, 0.1) is 13.8 Å². The zero-order valence-corrected chi connectivity index (χ0v) is 16.3. The van der Waals surface area contributed by atoms with Crippen molar-refractivity contribution in [1.82, 2.24) is 10.2 Å². The van der Waals surface area contributed by atoms with E-state index in [9.17, 15) is 4.79 Å². The second-order valence-corrected chi connectivity index (χ2v) is 7.17. The van der Waals surface area contributed by atoms with Crippen molar-refractivity contribution in [2.75, 3.05) is 18.2 Å². The third-order valence-electron chi connectivity index (χ3n) is 3.98. The fourth-order valence-electron chi connectivity index (χ4n) is 2.56. The third-order valence-corrected chi connectivity index (χ3v) is 4.99. The maximum atomic E-state index is 12.1. The van der Waals surface area contributed by atoms with Crippen LogP contribution < -0.4 is 10.1 Å². The quantitative estimate of drug-likeness (QED) is 0.621. The number of aromatic nitrogens is 2. The van der Waals surface area contributed by atoms with Gasteiger partial charge in [-0.05, 0) is 49.2 Å². The molecule has 0 aliphatic heterocycles. The van der Waals surface area contributed by atoms with E-state index in [1.807, 2.05) is 24.3 Å². The smallest absolute Gasteiger partial charge is 0.322 e. The zero-order valence-electron chi connectivity index (χ0n) is 15.5. The van der Waals surface area contributed by atoms with E-state index in [2.05, 4.69) is 47.6 Å². The van der Waals surface area contributed by atoms with E-state index in [1.165, 1.54) is 22.9 Å². The van der Waals surface area contributed by atoms with E-state index in [4.69, 9.17) is 9.15 Å². The van der Waals surface area contributed by atoms with Crippen molar-refractivity contribution in [3.8, 4) is 5.75 Å². The van der Waals surface area contributed by atoms with Crippen LogP contribution in [0.1, 0.15) is 22.6 Å². The van der Waals surface area contributed by atoms with Crippen molar-refractivity contribution in [1.29, 1.82) is 0 Å². The number of hydrogen-bond acceptors (Lipinski definition) is 6. The molecule has 0 bridgehead atoms. The molecule has 0 unspecified atom stereocenters. The van der Waals surface area contributed by atoms with Gasteiger partial charge in [-0.2, -0.15) is 0 Å². The molecule has 3 rings (SSSR count). The first-order chi connectivity index (χ1) is 13.0. The molecule has 2 aromatic carbocycles. The molecule has 3 aromatic rings. The average Bonchev–Trinajstić information content (AvgIpc) is 3.09. The van der Waals surface area contributed by atoms with Gasteiger partial charge in [0.1, 0.15) is 5.75 Å². The summed E-state index contributed by atoms with van der Waals surface area (Å²) in [5.41, 5.74) is 3.51. The number of nitrogens with one attached hydrogen (secondary N) is 1. The number of aryl methyl sites for hydroxylation is 2.